The number of halogens is 1. The highest BCUT2D eigenvalue weighted by atomic mass is 35.5. The first-order chi connectivity index (χ1) is 9.31. The molecule has 1 saturated heterocycles. The summed E-state index contributed by atoms with van der Waals surface area (Å²) in [6.07, 6.45) is 9.41. The van der Waals surface area contributed by atoms with Crippen LogP contribution in [0.3, 0.4) is 0 Å². The quantitative estimate of drug-likeness (QED) is 0.780. The van der Waals surface area contributed by atoms with E-state index in [0.29, 0.717) is 16.9 Å². The van der Waals surface area contributed by atoms with Crippen LogP contribution < -0.4 is 9.64 Å². The minimum atomic E-state index is 0.408. The predicted octanol–water partition coefficient (Wildman–Crippen LogP) is 3.30. The maximum Gasteiger partial charge on any atom is 0.199 e. The minimum Gasteiger partial charge on any atom is -0.490 e. The van der Waals surface area contributed by atoms with Crippen molar-refractivity contribution in [3.63, 3.8) is 0 Å². The van der Waals surface area contributed by atoms with E-state index in [-0.39, 0.29) is 0 Å². The number of methoxy groups -OCH3 is 1. The van der Waals surface area contributed by atoms with Crippen LogP contribution in [-0.4, -0.2) is 29.7 Å². The highest BCUT2D eigenvalue weighted by molar-refractivity contribution is 6.31. The summed E-state index contributed by atoms with van der Waals surface area (Å²) in [6, 6.07) is 0.599. The number of hydrogen-bond acceptors (Lipinski definition) is 4. The standard InChI is InChI=1S/C14H20ClN3O/c1-19-12-13(15)16-9-17-14(12)18-8-4-6-10-5-2-3-7-11(10)18/h9-11H,2-8H2,1H3. The molecular weight excluding hydrogens is 262 g/mol. The van der Waals surface area contributed by atoms with E-state index in [9.17, 15) is 0 Å². The van der Waals surface area contributed by atoms with Gasteiger partial charge in [0.25, 0.3) is 0 Å². The highest BCUT2D eigenvalue weighted by Gasteiger charge is 2.35. The lowest BCUT2D eigenvalue weighted by atomic mass is 9.78. The highest BCUT2D eigenvalue weighted by Crippen LogP contribution is 2.41. The molecule has 0 radical (unpaired) electrons. The van der Waals surface area contributed by atoms with E-state index in [0.717, 1.165) is 18.3 Å². The predicted molar refractivity (Wildman–Crippen MR) is 75.9 cm³/mol. The minimum absolute atomic E-state index is 0.408. The van der Waals surface area contributed by atoms with Crippen LogP contribution in [0.4, 0.5) is 5.82 Å². The second kappa shape index (κ2) is 5.53. The van der Waals surface area contributed by atoms with Crippen molar-refractivity contribution in [1.29, 1.82) is 0 Å². The fourth-order valence-electron chi connectivity index (χ4n) is 3.61. The van der Waals surface area contributed by atoms with Gasteiger partial charge in [-0.2, -0.15) is 0 Å². The van der Waals surface area contributed by atoms with Crippen LogP contribution in [0.1, 0.15) is 38.5 Å². The maximum atomic E-state index is 6.12. The van der Waals surface area contributed by atoms with Crippen molar-refractivity contribution in [1.82, 2.24) is 9.97 Å². The van der Waals surface area contributed by atoms with Crippen LogP contribution in [0.5, 0.6) is 5.75 Å². The van der Waals surface area contributed by atoms with Crippen molar-refractivity contribution in [2.75, 3.05) is 18.6 Å². The van der Waals surface area contributed by atoms with E-state index >= 15 is 0 Å². The Labute approximate surface area is 119 Å². The van der Waals surface area contributed by atoms with Crippen molar-refractivity contribution in [2.24, 2.45) is 5.92 Å². The summed E-state index contributed by atoms with van der Waals surface area (Å²) in [4.78, 5) is 10.8. The zero-order chi connectivity index (χ0) is 13.2. The SMILES string of the molecule is COc1c(Cl)ncnc1N1CCCC2CCCCC21. The Morgan fingerprint density at radius 1 is 1.21 bits per heavy atom. The van der Waals surface area contributed by atoms with Crippen molar-refractivity contribution in [2.45, 2.75) is 44.6 Å². The Morgan fingerprint density at radius 2 is 2.00 bits per heavy atom. The van der Waals surface area contributed by atoms with E-state index < -0.39 is 0 Å². The van der Waals surface area contributed by atoms with E-state index in [1.165, 1.54) is 44.9 Å². The van der Waals surface area contributed by atoms with Gasteiger partial charge in [-0.1, -0.05) is 24.4 Å². The van der Waals surface area contributed by atoms with Gasteiger partial charge in [0.2, 0.25) is 0 Å². The first-order valence-corrected chi connectivity index (χ1v) is 7.50. The molecule has 1 saturated carbocycles. The van der Waals surface area contributed by atoms with Crippen LogP contribution >= 0.6 is 11.6 Å². The average molecular weight is 282 g/mol. The Balaban J connectivity index is 1.94. The first kappa shape index (κ1) is 13.0. The number of aromatic nitrogens is 2. The van der Waals surface area contributed by atoms with E-state index in [2.05, 4.69) is 14.9 Å². The van der Waals surface area contributed by atoms with Gasteiger partial charge in [0.05, 0.1) is 7.11 Å². The molecule has 1 aliphatic heterocycles. The number of nitrogens with zero attached hydrogens (tertiary/aromatic N) is 3. The largest absolute Gasteiger partial charge is 0.490 e. The van der Waals surface area contributed by atoms with Gasteiger partial charge in [0.15, 0.2) is 16.7 Å². The fourth-order valence-corrected chi connectivity index (χ4v) is 3.82. The number of piperidine rings is 1. The topological polar surface area (TPSA) is 38.3 Å². The second-order valence-corrected chi connectivity index (χ2v) is 5.83. The summed E-state index contributed by atoms with van der Waals surface area (Å²) < 4.78 is 5.41. The molecule has 104 valence electrons. The smallest absolute Gasteiger partial charge is 0.199 e. The van der Waals surface area contributed by atoms with Gasteiger partial charge in [-0.15, -0.1) is 0 Å². The number of hydrogen-bond donors (Lipinski definition) is 0. The lowest BCUT2D eigenvalue weighted by molar-refractivity contribution is 0.241. The molecule has 2 unspecified atom stereocenters. The molecule has 5 heteroatoms. The Morgan fingerprint density at radius 3 is 2.84 bits per heavy atom. The summed E-state index contributed by atoms with van der Waals surface area (Å²) >= 11 is 6.12. The monoisotopic (exact) mass is 281 g/mol. The molecule has 3 rings (SSSR count). The molecule has 0 amide bonds. The van der Waals surface area contributed by atoms with Gasteiger partial charge < -0.3 is 9.64 Å². The van der Waals surface area contributed by atoms with Gasteiger partial charge in [0.1, 0.15) is 6.33 Å². The van der Waals surface area contributed by atoms with Gasteiger partial charge >= 0.3 is 0 Å². The zero-order valence-corrected chi connectivity index (χ0v) is 12.1. The molecule has 2 aliphatic rings. The van der Waals surface area contributed by atoms with Crippen LogP contribution in [0.15, 0.2) is 6.33 Å². The summed E-state index contributed by atoms with van der Waals surface area (Å²) in [7, 11) is 1.64. The van der Waals surface area contributed by atoms with Gasteiger partial charge in [-0.25, -0.2) is 9.97 Å². The third-order valence-corrected chi connectivity index (χ3v) is 4.73. The Hall–Kier alpha value is -1.03. The van der Waals surface area contributed by atoms with Gasteiger partial charge in [0, 0.05) is 12.6 Å². The summed E-state index contributed by atoms with van der Waals surface area (Å²) in [5.74, 6) is 2.30. The normalized spacial score (nSPS) is 26.9. The second-order valence-electron chi connectivity index (χ2n) is 5.47. The third-order valence-electron chi connectivity index (χ3n) is 4.46. The van der Waals surface area contributed by atoms with Gasteiger partial charge in [-0.05, 0) is 31.6 Å². The molecular formula is C14H20ClN3O. The van der Waals surface area contributed by atoms with Crippen LogP contribution in [-0.2, 0) is 0 Å². The fraction of sp³-hybridized carbons (Fsp3) is 0.714. The van der Waals surface area contributed by atoms with Crippen molar-refractivity contribution in [3.05, 3.63) is 11.5 Å². The molecule has 2 fully saturated rings. The van der Waals surface area contributed by atoms with Crippen molar-refractivity contribution < 1.29 is 4.74 Å². The van der Waals surface area contributed by atoms with Crippen molar-refractivity contribution >= 4 is 17.4 Å². The van der Waals surface area contributed by atoms with Gasteiger partial charge in [-0.3, -0.25) is 0 Å². The molecule has 0 N–H and O–H groups in total. The van der Waals surface area contributed by atoms with E-state index in [1.807, 2.05) is 0 Å². The molecule has 2 atom stereocenters. The molecule has 1 aromatic heterocycles. The summed E-state index contributed by atoms with van der Waals surface area (Å²) in [5, 5.41) is 0.408. The molecule has 2 heterocycles. The van der Waals surface area contributed by atoms with E-state index in [4.69, 9.17) is 16.3 Å². The molecule has 1 aromatic rings. The lowest BCUT2D eigenvalue weighted by Gasteiger charge is -2.45. The molecule has 19 heavy (non-hydrogen) atoms. The van der Waals surface area contributed by atoms with E-state index in [1.54, 1.807) is 7.11 Å². The molecule has 0 bridgehead atoms. The van der Waals surface area contributed by atoms with Crippen molar-refractivity contribution in [3.8, 4) is 5.75 Å². The zero-order valence-electron chi connectivity index (χ0n) is 11.3. The summed E-state index contributed by atoms with van der Waals surface area (Å²) in [6.45, 7) is 1.05. The first-order valence-electron chi connectivity index (χ1n) is 7.12. The molecule has 0 spiro atoms. The average Bonchev–Trinajstić information content (AvgIpc) is 2.46. The summed E-state index contributed by atoms with van der Waals surface area (Å²) in [5.41, 5.74) is 0. The van der Waals surface area contributed by atoms with Crippen LogP contribution in [0.2, 0.25) is 5.15 Å². The Bertz CT molecular complexity index is 452. The molecule has 4 nitrogen and oxygen atoms in total. The molecule has 1 aliphatic carbocycles. The third kappa shape index (κ3) is 2.38. The van der Waals surface area contributed by atoms with Crippen LogP contribution in [0.25, 0.3) is 0 Å². The van der Waals surface area contributed by atoms with Crippen LogP contribution in [0, 0.1) is 5.92 Å². The molecule has 0 aromatic carbocycles. The number of rotatable bonds is 2. The number of ether oxygens (including phenoxy) is 1. The maximum absolute atomic E-state index is 6.12. The number of anilines is 1. The lowest BCUT2D eigenvalue weighted by Crippen LogP contribution is -2.47. The Kier molecular flexibility index (Phi) is 3.78. The number of fused-ring (bicyclic) bond motifs is 1.